The Morgan fingerprint density at radius 3 is 2.26 bits per heavy atom. The Bertz CT molecular complexity index is 467. The smallest absolute Gasteiger partial charge is 0.417 e. The molecule has 0 bridgehead atoms. The van der Waals surface area contributed by atoms with E-state index in [4.69, 9.17) is 9.84 Å². The highest BCUT2D eigenvalue weighted by molar-refractivity contribution is 5.90. The molecule has 6 heteroatoms. The van der Waals surface area contributed by atoms with Crippen molar-refractivity contribution >= 4 is 5.97 Å². The maximum Gasteiger partial charge on any atom is 0.417 e. The van der Waals surface area contributed by atoms with Gasteiger partial charge in [0.05, 0.1) is 17.2 Å². The molecule has 0 fully saturated rings. The van der Waals surface area contributed by atoms with Crippen molar-refractivity contribution < 1.29 is 27.8 Å². The van der Waals surface area contributed by atoms with Crippen molar-refractivity contribution in [1.82, 2.24) is 0 Å². The number of alkyl halides is 3. The van der Waals surface area contributed by atoms with Gasteiger partial charge in [-0.05, 0) is 31.0 Å². The first kappa shape index (κ1) is 15.3. The fourth-order valence-electron chi connectivity index (χ4n) is 1.37. The van der Waals surface area contributed by atoms with E-state index in [0.717, 1.165) is 18.2 Å². The topological polar surface area (TPSA) is 46.5 Å². The SMILES string of the molecule is CC(C)C(C)Oc1ccc(C(F)(F)F)c(C(=O)O)c1. The number of carboxylic acids is 1. The molecule has 3 nitrogen and oxygen atoms in total. The van der Waals surface area contributed by atoms with E-state index < -0.39 is 23.3 Å². The van der Waals surface area contributed by atoms with E-state index >= 15 is 0 Å². The summed E-state index contributed by atoms with van der Waals surface area (Å²) < 4.78 is 43.3. The van der Waals surface area contributed by atoms with Gasteiger partial charge in [0.2, 0.25) is 0 Å². The van der Waals surface area contributed by atoms with Gasteiger partial charge in [0, 0.05) is 0 Å². The van der Waals surface area contributed by atoms with Gasteiger partial charge in [-0.2, -0.15) is 13.2 Å². The summed E-state index contributed by atoms with van der Waals surface area (Å²) in [6.07, 6.45) is -4.92. The lowest BCUT2D eigenvalue weighted by Crippen LogP contribution is -2.19. The highest BCUT2D eigenvalue weighted by Crippen LogP contribution is 2.34. The quantitative estimate of drug-likeness (QED) is 0.909. The Labute approximate surface area is 109 Å². The van der Waals surface area contributed by atoms with Crippen LogP contribution in [0.4, 0.5) is 13.2 Å². The van der Waals surface area contributed by atoms with Gasteiger partial charge < -0.3 is 9.84 Å². The molecule has 106 valence electrons. The highest BCUT2D eigenvalue weighted by atomic mass is 19.4. The van der Waals surface area contributed by atoms with Crippen LogP contribution < -0.4 is 4.74 Å². The van der Waals surface area contributed by atoms with Crippen LogP contribution in [-0.4, -0.2) is 17.2 Å². The van der Waals surface area contributed by atoms with Gasteiger partial charge in [-0.1, -0.05) is 13.8 Å². The average molecular weight is 276 g/mol. The molecule has 0 aliphatic heterocycles. The van der Waals surface area contributed by atoms with E-state index in [1.807, 2.05) is 13.8 Å². The first-order valence-corrected chi connectivity index (χ1v) is 5.74. The van der Waals surface area contributed by atoms with E-state index in [-0.39, 0.29) is 17.8 Å². The molecule has 19 heavy (non-hydrogen) atoms. The summed E-state index contributed by atoms with van der Waals surface area (Å²) in [6, 6.07) is 2.77. The molecule has 0 aliphatic carbocycles. The third kappa shape index (κ3) is 3.87. The number of hydrogen-bond acceptors (Lipinski definition) is 2. The average Bonchev–Trinajstić information content (AvgIpc) is 2.27. The van der Waals surface area contributed by atoms with E-state index in [1.54, 1.807) is 6.92 Å². The van der Waals surface area contributed by atoms with Gasteiger partial charge in [0.15, 0.2) is 0 Å². The largest absolute Gasteiger partial charge is 0.490 e. The molecule has 1 unspecified atom stereocenters. The lowest BCUT2D eigenvalue weighted by molar-refractivity contribution is -0.138. The second kappa shape index (κ2) is 5.50. The van der Waals surface area contributed by atoms with Crippen LogP contribution in [0.1, 0.15) is 36.7 Å². The van der Waals surface area contributed by atoms with Gasteiger partial charge in [-0.25, -0.2) is 4.79 Å². The molecule has 0 spiro atoms. The number of ether oxygens (including phenoxy) is 1. The van der Waals surface area contributed by atoms with Crippen LogP contribution in [0.15, 0.2) is 18.2 Å². The maximum absolute atomic E-state index is 12.6. The lowest BCUT2D eigenvalue weighted by Gasteiger charge is -2.19. The van der Waals surface area contributed by atoms with Gasteiger partial charge in [-0.15, -0.1) is 0 Å². The predicted octanol–water partition coefficient (Wildman–Crippen LogP) is 3.83. The Morgan fingerprint density at radius 1 is 1.26 bits per heavy atom. The van der Waals surface area contributed by atoms with Crippen LogP contribution in [0.25, 0.3) is 0 Å². The molecular formula is C13H15F3O3. The number of rotatable bonds is 4. The van der Waals surface area contributed by atoms with Crippen molar-refractivity contribution in [3.05, 3.63) is 29.3 Å². The molecule has 1 N–H and O–H groups in total. The van der Waals surface area contributed by atoms with E-state index in [1.165, 1.54) is 0 Å². The number of carbonyl (C=O) groups is 1. The van der Waals surface area contributed by atoms with Gasteiger partial charge in [0.1, 0.15) is 5.75 Å². The van der Waals surface area contributed by atoms with E-state index in [0.29, 0.717) is 0 Å². The normalized spacial score (nSPS) is 13.4. The van der Waals surface area contributed by atoms with Crippen molar-refractivity contribution in [2.24, 2.45) is 5.92 Å². The highest BCUT2D eigenvalue weighted by Gasteiger charge is 2.35. The van der Waals surface area contributed by atoms with Gasteiger partial charge in [0.25, 0.3) is 0 Å². The van der Waals surface area contributed by atoms with Gasteiger partial charge >= 0.3 is 12.1 Å². The fraction of sp³-hybridized carbons (Fsp3) is 0.462. The lowest BCUT2D eigenvalue weighted by atomic mass is 10.1. The molecule has 0 saturated heterocycles. The summed E-state index contributed by atoms with van der Waals surface area (Å²) in [5, 5.41) is 8.84. The maximum atomic E-state index is 12.6. The number of halogens is 3. The Hall–Kier alpha value is -1.72. The van der Waals surface area contributed by atoms with E-state index in [9.17, 15) is 18.0 Å². The van der Waals surface area contributed by atoms with E-state index in [2.05, 4.69) is 0 Å². The Balaban J connectivity index is 3.14. The molecule has 0 aromatic heterocycles. The molecule has 0 amide bonds. The second-order valence-electron chi connectivity index (χ2n) is 4.58. The minimum Gasteiger partial charge on any atom is -0.490 e. The number of aromatic carboxylic acids is 1. The van der Waals surface area contributed by atoms with Crippen LogP contribution in [0.5, 0.6) is 5.75 Å². The third-order valence-corrected chi connectivity index (χ3v) is 2.79. The van der Waals surface area contributed by atoms with Crippen molar-refractivity contribution in [3.63, 3.8) is 0 Å². The zero-order valence-electron chi connectivity index (χ0n) is 10.8. The van der Waals surface area contributed by atoms with Crippen molar-refractivity contribution in [2.45, 2.75) is 33.1 Å². The summed E-state index contributed by atoms with van der Waals surface area (Å²) in [5.41, 5.74) is -1.98. The molecule has 0 heterocycles. The zero-order valence-corrected chi connectivity index (χ0v) is 10.8. The van der Waals surface area contributed by atoms with Crippen molar-refractivity contribution in [1.29, 1.82) is 0 Å². The molecule has 0 saturated carbocycles. The summed E-state index contributed by atoms with van der Waals surface area (Å²) in [6.45, 7) is 5.56. The molecule has 0 radical (unpaired) electrons. The standard InChI is InChI=1S/C13H15F3O3/c1-7(2)8(3)19-9-4-5-11(13(14,15)16)10(6-9)12(17)18/h4-8H,1-3H3,(H,17,18). The molecule has 1 atom stereocenters. The number of benzene rings is 1. The van der Waals surface area contributed by atoms with Crippen LogP contribution in [-0.2, 0) is 6.18 Å². The van der Waals surface area contributed by atoms with Crippen LogP contribution in [0, 0.1) is 5.92 Å². The minimum absolute atomic E-state index is 0.117. The van der Waals surface area contributed by atoms with Crippen LogP contribution in [0.2, 0.25) is 0 Å². The molecule has 1 aromatic rings. The first-order chi connectivity index (χ1) is 8.62. The van der Waals surface area contributed by atoms with Crippen LogP contribution in [0.3, 0.4) is 0 Å². The predicted molar refractivity (Wildman–Crippen MR) is 63.3 cm³/mol. The molecule has 1 aromatic carbocycles. The zero-order chi connectivity index (χ0) is 14.8. The van der Waals surface area contributed by atoms with Gasteiger partial charge in [-0.3, -0.25) is 0 Å². The minimum atomic E-state index is -4.70. The van der Waals surface area contributed by atoms with Crippen molar-refractivity contribution in [2.75, 3.05) is 0 Å². The summed E-state index contributed by atoms with van der Waals surface area (Å²) >= 11 is 0. The van der Waals surface area contributed by atoms with Crippen LogP contribution >= 0.6 is 0 Å². The number of hydrogen-bond donors (Lipinski definition) is 1. The Morgan fingerprint density at radius 2 is 1.84 bits per heavy atom. The summed E-state index contributed by atoms with van der Waals surface area (Å²) in [7, 11) is 0. The summed E-state index contributed by atoms with van der Waals surface area (Å²) in [4.78, 5) is 10.9. The second-order valence-corrected chi connectivity index (χ2v) is 4.58. The Kier molecular flexibility index (Phi) is 4.44. The van der Waals surface area contributed by atoms with Crippen molar-refractivity contribution in [3.8, 4) is 5.75 Å². The monoisotopic (exact) mass is 276 g/mol. The first-order valence-electron chi connectivity index (χ1n) is 5.74. The third-order valence-electron chi connectivity index (χ3n) is 2.79. The molecule has 0 aliphatic rings. The molecule has 1 rings (SSSR count). The molecular weight excluding hydrogens is 261 g/mol. The fourth-order valence-corrected chi connectivity index (χ4v) is 1.37. The summed E-state index contributed by atoms with van der Waals surface area (Å²) in [5.74, 6) is -1.35. The number of carboxylic acid groups (broad SMARTS) is 1.